The molecule has 0 aromatic rings. The van der Waals surface area contributed by atoms with Gasteiger partial charge >= 0.3 is 11.9 Å². The number of ether oxygens (including phenoxy) is 2. The van der Waals surface area contributed by atoms with Crippen LogP contribution in [0.1, 0.15) is 79.6 Å². The molecule has 0 aromatic heterocycles. The Balaban J connectivity index is 1.72. The zero-order valence-corrected chi connectivity index (χ0v) is 18.1. The highest BCUT2D eigenvalue weighted by Crippen LogP contribution is 2.65. The molecule has 0 aromatic carbocycles. The Hall–Kier alpha value is -1.32. The van der Waals surface area contributed by atoms with Crippen molar-refractivity contribution in [2.75, 3.05) is 0 Å². The minimum Gasteiger partial charge on any atom is -0.462 e. The van der Waals surface area contributed by atoms with Gasteiger partial charge in [-0.3, -0.25) is 9.59 Å². The summed E-state index contributed by atoms with van der Waals surface area (Å²) in [7, 11) is 0. The van der Waals surface area contributed by atoms with Gasteiger partial charge in [0.1, 0.15) is 12.2 Å². The molecular formula is C24H36O4. The van der Waals surface area contributed by atoms with Crippen molar-refractivity contribution in [1.82, 2.24) is 0 Å². The molecule has 0 saturated heterocycles. The number of carbonyl (C=O) groups excluding carboxylic acids is 2. The monoisotopic (exact) mass is 388 g/mol. The molecule has 4 heteroatoms. The van der Waals surface area contributed by atoms with Crippen molar-refractivity contribution >= 4 is 11.9 Å². The van der Waals surface area contributed by atoms with E-state index in [-0.39, 0.29) is 35.0 Å². The molecule has 8 atom stereocenters. The molecule has 0 amide bonds. The number of hydrogen-bond acceptors (Lipinski definition) is 4. The SMILES string of the molecule is CC(=O)O[C@H]1C=C2C[C@@H](C)CCC2(C)C2CCC3(C)C(CC[C@@H]3OC(C)=O)C21. The van der Waals surface area contributed by atoms with Crippen molar-refractivity contribution < 1.29 is 19.1 Å². The number of esters is 2. The summed E-state index contributed by atoms with van der Waals surface area (Å²) < 4.78 is 11.7. The lowest BCUT2D eigenvalue weighted by atomic mass is 9.47. The van der Waals surface area contributed by atoms with Gasteiger partial charge in [0.2, 0.25) is 0 Å². The van der Waals surface area contributed by atoms with Crippen molar-refractivity contribution in [3.63, 3.8) is 0 Å². The Bertz CT molecular complexity index is 697. The van der Waals surface area contributed by atoms with Crippen LogP contribution in [0.5, 0.6) is 0 Å². The Morgan fingerprint density at radius 2 is 1.68 bits per heavy atom. The molecule has 4 rings (SSSR count). The highest BCUT2D eigenvalue weighted by atomic mass is 16.5. The molecule has 0 radical (unpaired) electrons. The number of hydrogen-bond donors (Lipinski definition) is 0. The molecule has 0 heterocycles. The molecule has 0 N–H and O–H groups in total. The first-order valence-corrected chi connectivity index (χ1v) is 11.2. The van der Waals surface area contributed by atoms with Crippen molar-refractivity contribution in [3.05, 3.63) is 11.6 Å². The van der Waals surface area contributed by atoms with Gasteiger partial charge in [-0.1, -0.05) is 26.3 Å². The van der Waals surface area contributed by atoms with E-state index in [0.717, 1.165) is 32.1 Å². The summed E-state index contributed by atoms with van der Waals surface area (Å²) in [6, 6.07) is 0. The van der Waals surface area contributed by atoms with E-state index in [1.807, 2.05) is 0 Å². The van der Waals surface area contributed by atoms with Crippen molar-refractivity contribution in [3.8, 4) is 0 Å². The lowest BCUT2D eigenvalue weighted by Crippen LogP contribution is -2.55. The number of allylic oxidation sites excluding steroid dienone is 1. The van der Waals surface area contributed by atoms with Gasteiger partial charge < -0.3 is 9.47 Å². The summed E-state index contributed by atoms with van der Waals surface area (Å²) in [5.41, 5.74) is 1.75. The van der Waals surface area contributed by atoms with Gasteiger partial charge in [0.05, 0.1) is 0 Å². The van der Waals surface area contributed by atoms with Crippen LogP contribution in [0.25, 0.3) is 0 Å². The maximum Gasteiger partial charge on any atom is 0.303 e. The van der Waals surface area contributed by atoms with E-state index in [0.29, 0.717) is 23.7 Å². The normalized spacial score (nSPS) is 47.2. The molecule has 0 spiro atoms. The summed E-state index contributed by atoms with van der Waals surface area (Å²) in [6.07, 6.45) is 10.1. The van der Waals surface area contributed by atoms with E-state index in [1.54, 1.807) is 0 Å². The fraction of sp³-hybridized carbons (Fsp3) is 0.833. The average Bonchev–Trinajstić information content (AvgIpc) is 2.92. The van der Waals surface area contributed by atoms with Gasteiger partial charge in [0.15, 0.2) is 0 Å². The Labute approximate surface area is 169 Å². The van der Waals surface area contributed by atoms with Crippen LogP contribution in [0.3, 0.4) is 0 Å². The van der Waals surface area contributed by atoms with Crippen LogP contribution in [-0.4, -0.2) is 24.1 Å². The van der Waals surface area contributed by atoms with Gasteiger partial charge in [-0.25, -0.2) is 0 Å². The third kappa shape index (κ3) is 3.02. The summed E-state index contributed by atoms with van der Waals surface area (Å²) in [4.78, 5) is 23.6. The zero-order chi connectivity index (χ0) is 20.3. The number of rotatable bonds is 2. The molecule has 28 heavy (non-hydrogen) atoms. The second-order valence-corrected chi connectivity index (χ2v) is 10.5. The molecule has 4 aliphatic rings. The third-order valence-electron chi connectivity index (χ3n) is 8.88. The fourth-order valence-electron chi connectivity index (χ4n) is 7.46. The van der Waals surface area contributed by atoms with Crippen LogP contribution < -0.4 is 0 Å². The third-order valence-corrected chi connectivity index (χ3v) is 8.88. The van der Waals surface area contributed by atoms with E-state index in [2.05, 4.69) is 26.8 Å². The second kappa shape index (κ2) is 6.88. The number of carbonyl (C=O) groups is 2. The van der Waals surface area contributed by atoms with Crippen LogP contribution in [0.2, 0.25) is 0 Å². The molecule has 3 fully saturated rings. The molecule has 4 aliphatic carbocycles. The van der Waals surface area contributed by atoms with Crippen LogP contribution in [0, 0.1) is 34.5 Å². The molecule has 156 valence electrons. The minimum atomic E-state index is -0.185. The van der Waals surface area contributed by atoms with Crippen molar-refractivity contribution in [2.45, 2.75) is 91.8 Å². The van der Waals surface area contributed by atoms with Crippen LogP contribution in [0.4, 0.5) is 0 Å². The second-order valence-electron chi connectivity index (χ2n) is 10.5. The maximum absolute atomic E-state index is 12.0. The summed E-state index contributed by atoms with van der Waals surface area (Å²) in [5, 5.41) is 0. The molecule has 0 bridgehead atoms. The molecule has 4 nitrogen and oxygen atoms in total. The summed E-state index contributed by atoms with van der Waals surface area (Å²) >= 11 is 0. The first kappa shape index (κ1) is 20.0. The topological polar surface area (TPSA) is 52.6 Å². The molecule has 3 saturated carbocycles. The largest absolute Gasteiger partial charge is 0.462 e. The lowest BCUT2D eigenvalue weighted by molar-refractivity contribution is -0.166. The van der Waals surface area contributed by atoms with Crippen LogP contribution in [-0.2, 0) is 19.1 Å². The summed E-state index contributed by atoms with van der Waals surface area (Å²) in [5.74, 6) is 1.68. The average molecular weight is 389 g/mol. The molecular weight excluding hydrogens is 352 g/mol. The Kier molecular flexibility index (Phi) is 4.91. The number of fused-ring (bicyclic) bond motifs is 5. The first-order chi connectivity index (χ1) is 13.1. The van der Waals surface area contributed by atoms with E-state index in [9.17, 15) is 9.59 Å². The standard InChI is InChI=1S/C24H36O4/c1-14-8-10-23(4)17(12-14)13-20(27-15(2)25)22-18-6-7-21(28-16(3)26)24(18,5)11-9-19(22)23/h13-14,18-22H,6-12H2,1-5H3/t14-,18?,19?,20-,21-,22?,23?,24?/m0/s1. The highest BCUT2D eigenvalue weighted by Gasteiger charge is 2.62. The zero-order valence-electron chi connectivity index (χ0n) is 18.1. The smallest absolute Gasteiger partial charge is 0.303 e. The molecule has 5 unspecified atom stereocenters. The minimum absolute atomic E-state index is 0.00140. The van der Waals surface area contributed by atoms with E-state index in [4.69, 9.17) is 9.47 Å². The Morgan fingerprint density at radius 3 is 2.36 bits per heavy atom. The summed E-state index contributed by atoms with van der Waals surface area (Å²) in [6.45, 7) is 10.2. The van der Waals surface area contributed by atoms with E-state index in [1.165, 1.54) is 32.3 Å². The van der Waals surface area contributed by atoms with Gasteiger partial charge in [-0.05, 0) is 74.2 Å². The highest BCUT2D eigenvalue weighted by molar-refractivity contribution is 5.67. The fourth-order valence-corrected chi connectivity index (χ4v) is 7.46. The lowest BCUT2D eigenvalue weighted by Gasteiger charge is -2.59. The molecule has 0 aliphatic heterocycles. The van der Waals surface area contributed by atoms with Gasteiger partial charge in [-0.2, -0.15) is 0 Å². The quantitative estimate of drug-likeness (QED) is 0.490. The van der Waals surface area contributed by atoms with E-state index < -0.39 is 0 Å². The van der Waals surface area contributed by atoms with Gasteiger partial charge in [0, 0.05) is 25.2 Å². The Morgan fingerprint density at radius 1 is 0.964 bits per heavy atom. The van der Waals surface area contributed by atoms with E-state index >= 15 is 0 Å². The van der Waals surface area contributed by atoms with Gasteiger partial charge in [0.25, 0.3) is 0 Å². The van der Waals surface area contributed by atoms with Crippen molar-refractivity contribution in [2.24, 2.45) is 34.5 Å². The first-order valence-electron chi connectivity index (χ1n) is 11.2. The predicted octanol–water partition coefficient (Wildman–Crippen LogP) is 5.06. The van der Waals surface area contributed by atoms with Crippen LogP contribution >= 0.6 is 0 Å². The van der Waals surface area contributed by atoms with Crippen LogP contribution in [0.15, 0.2) is 11.6 Å². The van der Waals surface area contributed by atoms with Gasteiger partial charge in [-0.15, -0.1) is 0 Å². The maximum atomic E-state index is 12.0. The predicted molar refractivity (Wildman–Crippen MR) is 107 cm³/mol. The van der Waals surface area contributed by atoms with Crippen molar-refractivity contribution in [1.29, 1.82) is 0 Å².